The molecule has 1 aliphatic rings. The standard InChI is InChI=1S/C17H29NO3Si/c1-11-9-13(16(20)21-17(3,4)5)15(22(6,7)8)10-14(11)18-12(2)19/h9-11,14H,1-8H3,(H,18,19)/t11-,14+/m1/s1. The second-order valence-electron chi connectivity index (χ2n) is 8.00. The van der Waals surface area contributed by atoms with Gasteiger partial charge in [0.2, 0.25) is 5.91 Å². The Bertz CT molecular complexity index is 521. The number of esters is 1. The first-order valence-corrected chi connectivity index (χ1v) is 11.3. The molecule has 1 amide bonds. The summed E-state index contributed by atoms with van der Waals surface area (Å²) >= 11 is 0. The molecule has 0 aromatic carbocycles. The molecule has 0 aliphatic heterocycles. The van der Waals surface area contributed by atoms with Gasteiger partial charge in [-0.15, -0.1) is 0 Å². The van der Waals surface area contributed by atoms with Crippen LogP contribution in [0.15, 0.2) is 22.9 Å². The monoisotopic (exact) mass is 323 g/mol. The van der Waals surface area contributed by atoms with Crippen molar-refractivity contribution in [3.63, 3.8) is 0 Å². The van der Waals surface area contributed by atoms with Gasteiger partial charge in [-0.3, -0.25) is 4.79 Å². The molecule has 124 valence electrons. The summed E-state index contributed by atoms with van der Waals surface area (Å²) in [6, 6.07) is -0.0644. The smallest absolute Gasteiger partial charge is 0.338 e. The molecule has 0 aromatic heterocycles. The Labute approximate surface area is 135 Å². The lowest BCUT2D eigenvalue weighted by Crippen LogP contribution is -2.42. The third kappa shape index (κ3) is 5.12. The van der Waals surface area contributed by atoms with E-state index >= 15 is 0 Å². The number of hydrogen-bond acceptors (Lipinski definition) is 3. The molecule has 1 N–H and O–H groups in total. The summed E-state index contributed by atoms with van der Waals surface area (Å²) in [4.78, 5) is 23.9. The Balaban J connectivity index is 3.18. The molecule has 4 nitrogen and oxygen atoms in total. The van der Waals surface area contributed by atoms with Crippen LogP contribution < -0.4 is 5.32 Å². The SMILES string of the molecule is CC(=O)N[C@H]1C=C([Si](C)(C)C)C(C(=O)OC(C)(C)C)=C[C@H]1C. The first kappa shape index (κ1) is 18.7. The van der Waals surface area contributed by atoms with E-state index in [1.165, 1.54) is 6.92 Å². The Morgan fingerprint density at radius 1 is 1.18 bits per heavy atom. The third-order valence-electron chi connectivity index (χ3n) is 3.43. The number of nitrogens with one attached hydrogen (secondary N) is 1. The minimum absolute atomic E-state index is 0.0582. The van der Waals surface area contributed by atoms with Gasteiger partial charge in [0.05, 0.1) is 19.7 Å². The Morgan fingerprint density at radius 2 is 1.73 bits per heavy atom. The van der Waals surface area contributed by atoms with Gasteiger partial charge in [0, 0.05) is 6.92 Å². The molecule has 0 spiro atoms. The zero-order chi connectivity index (χ0) is 17.3. The summed E-state index contributed by atoms with van der Waals surface area (Å²) in [7, 11) is -1.74. The van der Waals surface area contributed by atoms with Crippen molar-refractivity contribution in [3.8, 4) is 0 Å². The zero-order valence-electron chi connectivity index (χ0n) is 15.0. The molecule has 1 aliphatic carbocycles. The van der Waals surface area contributed by atoms with Crippen molar-refractivity contribution in [3.05, 3.63) is 22.9 Å². The van der Waals surface area contributed by atoms with Crippen LogP contribution in [0, 0.1) is 5.92 Å². The van der Waals surface area contributed by atoms with Gasteiger partial charge >= 0.3 is 5.97 Å². The van der Waals surface area contributed by atoms with Crippen LogP contribution in [0.25, 0.3) is 0 Å². The molecule has 0 radical (unpaired) electrons. The largest absolute Gasteiger partial charge is 0.456 e. The van der Waals surface area contributed by atoms with Crippen LogP contribution in [-0.2, 0) is 14.3 Å². The maximum Gasteiger partial charge on any atom is 0.338 e. The third-order valence-corrected chi connectivity index (χ3v) is 5.48. The molecule has 0 aromatic rings. The van der Waals surface area contributed by atoms with Crippen LogP contribution in [0.1, 0.15) is 34.6 Å². The summed E-state index contributed by atoms with van der Waals surface area (Å²) in [6.45, 7) is 15.7. The van der Waals surface area contributed by atoms with Gasteiger partial charge in [0.1, 0.15) is 5.60 Å². The van der Waals surface area contributed by atoms with Gasteiger partial charge in [0.15, 0.2) is 0 Å². The fraction of sp³-hybridized carbons (Fsp3) is 0.647. The molecule has 0 fully saturated rings. The van der Waals surface area contributed by atoms with Crippen LogP contribution in [-0.4, -0.2) is 31.6 Å². The van der Waals surface area contributed by atoms with E-state index in [0.717, 1.165) is 5.20 Å². The minimum Gasteiger partial charge on any atom is -0.456 e. The molecular weight excluding hydrogens is 294 g/mol. The summed E-state index contributed by atoms with van der Waals surface area (Å²) in [6.07, 6.45) is 4.00. The second-order valence-corrected chi connectivity index (χ2v) is 13.0. The van der Waals surface area contributed by atoms with E-state index in [1.807, 2.05) is 33.8 Å². The lowest BCUT2D eigenvalue weighted by Gasteiger charge is -2.33. The van der Waals surface area contributed by atoms with E-state index in [1.54, 1.807) is 0 Å². The summed E-state index contributed by atoms with van der Waals surface area (Å²) in [5.74, 6) is -0.266. The maximum atomic E-state index is 12.5. The summed E-state index contributed by atoms with van der Waals surface area (Å²) < 4.78 is 5.55. The second kappa shape index (κ2) is 6.40. The lowest BCUT2D eigenvalue weighted by atomic mass is 9.92. The lowest BCUT2D eigenvalue weighted by molar-refractivity contribution is -0.149. The van der Waals surface area contributed by atoms with E-state index in [2.05, 4.69) is 31.0 Å². The first-order chi connectivity index (χ1) is 9.81. The predicted molar refractivity (Wildman–Crippen MR) is 92.1 cm³/mol. The molecule has 1 rings (SSSR count). The number of ether oxygens (including phenoxy) is 1. The number of hydrogen-bond donors (Lipinski definition) is 1. The van der Waals surface area contributed by atoms with E-state index in [-0.39, 0.29) is 23.8 Å². The average Bonchev–Trinajstić information content (AvgIpc) is 2.26. The molecule has 0 saturated carbocycles. The van der Waals surface area contributed by atoms with Gasteiger partial charge in [-0.1, -0.05) is 38.7 Å². The molecular formula is C17H29NO3Si. The van der Waals surface area contributed by atoms with E-state index in [4.69, 9.17) is 4.74 Å². The van der Waals surface area contributed by atoms with Crippen molar-refractivity contribution in [2.24, 2.45) is 5.92 Å². The Kier molecular flexibility index (Phi) is 5.44. The average molecular weight is 324 g/mol. The molecule has 0 bridgehead atoms. The quantitative estimate of drug-likeness (QED) is 0.641. The zero-order valence-corrected chi connectivity index (χ0v) is 16.0. The van der Waals surface area contributed by atoms with Gasteiger partial charge in [0.25, 0.3) is 0 Å². The number of amides is 1. The topological polar surface area (TPSA) is 55.4 Å². The Hall–Kier alpha value is -1.36. The van der Waals surface area contributed by atoms with Crippen molar-refractivity contribution in [1.82, 2.24) is 5.32 Å². The van der Waals surface area contributed by atoms with Crippen LogP contribution in [0.3, 0.4) is 0 Å². The Morgan fingerprint density at radius 3 is 2.14 bits per heavy atom. The van der Waals surface area contributed by atoms with Crippen molar-refractivity contribution >= 4 is 20.0 Å². The van der Waals surface area contributed by atoms with Gasteiger partial charge < -0.3 is 10.1 Å². The van der Waals surface area contributed by atoms with Crippen LogP contribution in [0.5, 0.6) is 0 Å². The normalized spacial score (nSPS) is 22.5. The first-order valence-electron chi connectivity index (χ1n) is 7.76. The van der Waals surface area contributed by atoms with Gasteiger partial charge in [-0.25, -0.2) is 4.79 Å². The highest BCUT2D eigenvalue weighted by molar-refractivity contribution is 6.84. The number of rotatable bonds is 3. The van der Waals surface area contributed by atoms with Crippen molar-refractivity contribution < 1.29 is 14.3 Å². The summed E-state index contributed by atoms with van der Waals surface area (Å²) in [5, 5.41) is 4.01. The van der Waals surface area contributed by atoms with E-state index in [0.29, 0.717) is 5.57 Å². The van der Waals surface area contributed by atoms with Gasteiger partial charge in [-0.05, 0) is 31.9 Å². The van der Waals surface area contributed by atoms with Crippen LogP contribution >= 0.6 is 0 Å². The fourth-order valence-electron chi connectivity index (χ4n) is 2.45. The van der Waals surface area contributed by atoms with Crippen LogP contribution in [0.2, 0.25) is 19.6 Å². The van der Waals surface area contributed by atoms with Crippen molar-refractivity contribution in [2.45, 2.75) is 65.9 Å². The van der Waals surface area contributed by atoms with Crippen molar-refractivity contribution in [1.29, 1.82) is 0 Å². The predicted octanol–water partition coefficient (Wildman–Crippen LogP) is 3.21. The highest BCUT2D eigenvalue weighted by Crippen LogP contribution is 2.32. The van der Waals surface area contributed by atoms with E-state index in [9.17, 15) is 9.59 Å². The molecule has 0 saturated heterocycles. The fourth-order valence-corrected chi connectivity index (χ4v) is 4.12. The highest BCUT2D eigenvalue weighted by atomic mass is 28.3. The number of carbonyl (C=O) groups is 2. The number of carbonyl (C=O) groups excluding carboxylic acids is 2. The molecule has 0 heterocycles. The van der Waals surface area contributed by atoms with Gasteiger partial charge in [-0.2, -0.15) is 0 Å². The maximum absolute atomic E-state index is 12.5. The van der Waals surface area contributed by atoms with E-state index < -0.39 is 13.7 Å². The molecule has 0 unspecified atom stereocenters. The van der Waals surface area contributed by atoms with Crippen LogP contribution in [0.4, 0.5) is 0 Å². The summed E-state index contributed by atoms with van der Waals surface area (Å²) in [5.41, 5.74) is 0.156. The van der Waals surface area contributed by atoms with Crippen molar-refractivity contribution in [2.75, 3.05) is 0 Å². The molecule has 5 heteroatoms. The minimum atomic E-state index is -1.74. The highest BCUT2D eigenvalue weighted by Gasteiger charge is 2.34. The molecule has 2 atom stereocenters. The molecule has 22 heavy (non-hydrogen) atoms.